The summed E-state index contributed by atoms with van der Waals surface area (Å²) >= 11 is 0. The van der Waals surface area contributed by atoms with Crippen molar-refractivity contribution in [1.29, 1.82) is 0 Å². The standard InChI is InChI=1S/C36H29N/c1-4-14-28(15-5-1)31-20-12-22-33(26-31)37(34-23-13-21-32(27-34)29-16-6-2-7-17-29)36-25-11-10-24-35(36)30-18-8-3-9-19-30/h1-12,14-20,22-27H,13,21H2. The van der Waals surface area contributed by atoms with Gasteiger partial charge in [0.05, 0.1) is 5.69 Å². The van der Waals surface area contributed by atoms with Gasteiger partial charge in [-0.2, -0.15) is 0 Å². The van der Waals surface area contributed by atoms with E-state index in [1.165, 1.54) is 44.8 Å². The normalized spacial score (nSPS) is 13.0. The minimum absolute atomic E-state index is 1.01. The highest BCUT2D eigenvalue weighted by Crippen LogP contribution is 2.41. The molecule has 0 fully saturated rings. The highest BCUT2D eigenvalue weighted by molar-refractivity contribution is 5.87. The average molecular weight is 476 g/mol. The molecule has 0 saturated heterocycles. The molecule has 0 amide bonds. The number of benzene rings is 5. The van der Waals surface area contributed by atoms with Gasteiger partial charge < -0.3 is 4.90 Å². The Morgan fingerprint density at radius 3 is 1.81 bits per heavy atom. The summed E-state index contributed by atoms with van der Waals surface area (Å²) in [7, 11) is 0. The van der Waals surface area contributed by atoms with E-state index in [0.717, 1.165) is 18.5 Å². The van der Waals surface area contributed by atoms with Gasteiger partial charge in [-0.1, -0.05) is 127 Å². The topological polar surface area (TPSA) is 3.24 Å². The zero-order valence-corrected chi connectivity index (χ0v) is 20.8. The van der Waals surface area contributed by atoms with Crippen LogP contribution < -0.4 is 4.90 Å². The molecule has 0 aromatic heterocycles. The molecule has 1 heteroatoms. The largest absolute Gasteiger partial charge is 0.310 e. The predicted octanol–water partition coefficient (Wildman–Crippen LogP) is 9.92. The molecule has 0 atom stereocenters. The van der Waals surface area contributed by atoms with E-state index in [-0.39, 0.29) is 0 Å². The first-order valence-electron chi connectivity index (χ1n) is 12.9. The summed E-state index contributed by atoms with van der Waals surface area (Å²) in [5.41, 5.74) is 11.1. The third-order valence-electron chi connectivity index (χ3n) is 6.93. The van der Waals surface area contributed by atoms with Gasteiger partial charge in [-0.05, 0) is 64.9 Å². The third-order valence-corrected chi connectivity index (χ3v) is 6.93. The van der Waals surface area contributed by atoms with Crippen LogP contribution in [0.5, 0.6) is 0 Å². The molecule has 1 nitrogen and oxygen atoms in total. The van der Waals surface area contributed by atoms with Crippen LogP contribution in [0.2, 0.25) is 0 Å². The van der Waals surface area contributed by atoms with Crippen LogP contribution in [0.3, 0.4) is 0 Å². The summed E-state index contributed by atoms with van der Waals surface area (Å²) in [6.07, 6.45) is 6.81. The van der Waals surface area contributed by atoms with Crippen molar-refractivity contribution >= 4 is 16.9 Å². The fourth-order valence-electron chi connectivity index (χ4n) is 5.13. The van der Waals surface area contributed by atoms with Crippen molar-refractivity contribution in [2.75, 3.05) is 4.90 Å². The van der Waals surface area contributed by atoms with Crippen LogP contribution in [0.1, 0.15) is 18.4 Å². The van der Waals surface area contributed by atoms with Crippen molar-refractivity contribution in [1.82, 2.24) is 0 Å². The molecule has 37 heavy (non-hydrogen) atoms. The quantitative estimate of drug-likeness (QED) is 0.236. The summed E-state index contributed by atoms with van der Waals surface area (Å²) in [6.45, 7) is 0. The van der Waals surface area contributed by atoms with Crippen LogP contribution in [0.25, 0.3) is 27.8 Å². The van der Waals surface area contributed by atoms with Crippen molar-refractivity contribution in [3.8, 4) is 22.3 Å². The van der Waals surface area contributed by atoms with Gasteiger partial charge in [0.1, 0.15) is 0 Å². The zero-order valence-electron chi connectivity index (χ0n) is 20.8. The van der Waals surface area contributed by atoms with E-state index in [0.29, 0.717) is 0 Å². The molecule has 0 aliphatic heterocycles. The average Bonchev–Trinajstić information content (AvgIpc) is 2.99. The van der Waals surface area contributed by atoms with Crippen molar-refractivity contribution in [2.45, 2.75) is 12.8 Å². The molecule has 0 heterocycles. The summed E-state index contributed by atoms with van der Waals surface area (Å²) < 4.78 is 0. The lowest BCUT2D eigenvalue weighted by atomic mass is 9.94. The van der Waals surface area contributed by atoms with Gasteiger partial charge in [0.25, 0.3) is 0 Å². The Bertz CT molecular complexity index is 1550. The van der Waals surface area contributed by atoms with Crippen LogP contribution >= 0.6 is 0 Å². The molecule has 1 aliphatic rings. The van der Waals surface area contributed by atoms with Crippen LogP contribution in [-0.4, -0.2) is 0 Å². The molecule has 1 aliphatic carbocycles. The van der Waals surface area contributed by atoms with E-state index in [4.69, 9.17) is 0 Å². The van der Waals surface area contributed by atoms with E-state index in [1.807, 2.05) is 0 Å². The van der Waals surface area contributed by atoms with E-state index >= 15 is 0 Å². The van der Waals surface area contributed by atoms with Crippen LogP contribution in [0, 0.1) is 0 Å². The highest BCUT2D eigenvalue weighted by Gasteiger charge is 2.20. The second-order valence-corrected chi connectivity index (χ2v) is 9.34. The summed E-state index contributed by atoms with van der Waals surface area (Å²) in [4.78, 5) is 2.43. The molecule has 5 aromatic rings. The first kappa shape index (κ1) is 22.8. The Morgan fingerprint density at radius 1 is 0.486 bits per heavy atom. The first-order valence-corrected chi connectivity index (χ1v) is 12.9. The van der Waals surface area contributed by atoms with Crippen molar-refractivity contribution in [2.24, 2.45) is 0 Å². The van der Waals surface area contributed by atoms with Crippen molar-refractivity contribution in [3.05, 3.63) is 163 Å². The van der Waals surface area contributed by atoms with E-state index < -0.39 is 0 Å². The minimum atomic E-state index is 1.01. The fourth-order valence-corrected chi connectivity index (χ4v) is 5.13. The van der Waals surface area contributed by atoms with Gasteiger partial charge in [-0.25, -0.2) is 0 Å². The first-order chi connectivity index (χ1) is 18.4. The Balaban J connectivity index is 1.53. The Labute approximate surface area is 219 Å². The smallest absolute Gasteiger partial charge is 0.0539 e. The lowest BCUT2D eigenvalue weighted by molar-refractivity contribution is 1.01. The van der Waals surface area contributed by atoms with Crippen LogP contribution in [-0.2, 0) is 0 Å². The third kappa shape index (κ3) is 4.90. The van der Waals surface area contributed by atoms with Gasteiger partial charge in [0.15, 0.2) is 0 Å². The predicted molar refractivity (Wildman–Crippen MR) is 158 cm³/mol. The maximum Gasteiger partial charge on any atom is 0.0539 e. The SMILES string of the molecule is C1=C(c2ccccc2)CCC=C1N(c1cccc(-c2ccccc2)c1)c1ccccc1-c1ccccc1. The molecule has 5 aromatic carbocycles. The monoisotopic (exact) mass is 475 g/mol. The van der Waals surface area contributed by atoms with Crippen LogP contribution in [0.15, 0.2) is 157 Å². The van der Waals surface area contributed by atoms with Crippen LogP contribution in [0.4, 0.5) is 11.4 Å². The zero-order chi connectivity index (χ0) is 24.9. The Morgan fingerprint density at radius 2 is 1.08 bits per heavy atom. The molecule has 178 valence electrons. The van der Waals surface area contributed by atoms with E-state index in [1.54, 1.807) is 0 Å². The molecule has 6 rings (SSSR count). The maximum atomic E-state index is 2.43. The van der Waals surface area contributed by atoms with E-state index in [9.17, 15) is 0 Å². The lowest BCUT2D eigenvalue weighted by Gasteiger charge is -2.31. The maximum absolute atomic E-state index is 2.43. The molecule has 0 saturated carbocycles. The number of nitrogens with zero attached hydrogens (tertiary/aromatic N) is 1. The second kappa shape index (κ2) is 10.6. The minimum Gasteiger partial charge on any atom is -0.310 e. The summed E-state index contributed by atoms with van der Waals surface area (Å²) in [5, 5.41) is 0. The van der Waals surface area contributed by atoms with E-state index in [2.05, 4.69) is 157 Å². The van der Waals surface area contributed by atoms with Crippen molar-refractivity contribution < 1.29 is 0 Å². The number of hydrogen-bond acceptors (Lipinski definition) is 1. The molecular weight excluding hydrogens is 446 g/mol. The van der Waals surface area contributed by atoms with Gasteiger partial charge in [0, 0.05) is 16.9 Å². The fraction of sp³-hybridized carbons (Fsp3) is 0.0556. The number of para-hydroxylation sites is 1. The van der Waals surface area contributed by atoms with Gasteiger partial charge in [-0.3, -0.25) is 0 Å². The van der Waals surface area contributed by atoms with Gasteiger partial charge >= 0.3 is 0 Å². The number of anilines is 2. The molecule has 0 spiro atoms. The van der Waals surface area contributed by atoms with Gasteiger partial charge in [0.2, 0.25) is 0 Å². The number of rotatable bonds is 6. The second-order valence-electron chi connectivity index (χ2n) is 9.34. The molecular formula is C36H29N. The molecule has 0 N–H and O–H groups in total. The Hall–Kier alpha value is -4.62. The molecule has 0 unspecified atom stereocenters. The van der Waals surface area contributed by atoms with Crippen molar-refractivity contribution in [3.63, 3.8) is 0 Å². The number of allylic oxidation sites excluding steroid dienone is 3. The Kier molecular flexibility index (Phi) is 6.51. The van der Waals surface area contributed by atoms with Gasteiger partial charge in [-0.15, -0.1) is 0 Å². The lowest BCUT2D eigenvalue weighted by Crippen LogP contribution is -2.18. The highest BCUT2D eigenvalue weighted by atomic mass is 15.1. The number of hydrogen-bond donors (Lipinski definition) is 0. The summed E-state index contributed by atoms with van der Waals surface area (Å²) in [5.74, 6) is 0. The summed E-state index contributed by atoms with van der Waals surface area (Å²) in [6, 6.07) is 49.7. The molecule has 0 bridgehead atoms. The molecule has 0 radical (unpaired) electrons.